The summed E-state index contributed by atoms with van der Waals surface area (Å²) in [6.45, 7) is 4.62. The molecule has 2 nitrogen and oxygen atoms in total. The molecule has 11 heavy (non-hydrogen) atoms. The number of rotatable bonds is 0. The largest absolute Gasteiger partial charge is 0.340 e. The molecule has 1 rings (SSSR count). The number of hydrogen-bond acceptors (Lipinski definition) is 1. The van der Waals surface area contributed by atoms with Crippen LogP contribution in [0.25, 0.3) is 0 Å². The van der Waals surface area contributed by atoms with Gasteiger partial charge in [0.2, 0.25) is 5.91 Å². The van der Waals surface area contributed by atoms with E-state index in [1.54, 1.807) is 6.92 Å². The zero-order valence-electron chi connectivity index (χ0n) is 7.21. The van der Waals surface area contributed by atoms with E-state index in [1.807, 2.05) is 4.90 Å². The summed E-state index contributed by atoms with van der Waals surface area (Å²) in [4.78, 5) is 13.0. The predicted octanol–water partition coefficient (Wildman–Crippen LogP) is 1.57. The molecule has 1 amide bonds. The second-order valence-corrected chi connectivity index (χ2v) is 3.06. The average molecular weight is 153 g/mol. The van der Waals surface area contributed by atoms with Gasteiger partial charge in [-0.25, -0.2) is 0 Å². The molecule has 0 spiro atoms. The van der Waals surface area contributed by atoms with Crippen LogP contribution >= 0.6 is 0 Å². The second kappa shape index (κ2) is 3.56. The van der Waals surface area contributed by atoms with Crippen molar-refractivity contribution in [2.24, 2.45) is 0 Å². The van der Waals surface area contributed by atoms with Gasteiger partial charge in [-0.2, -0.15) is 0 Å². The van der Waals surface area contributed by atoms with Gasteiger partial charge in [0.25, 0.3) is 0 Å². The van der Waals surface area contributed by atoms with Gasteiger partial charge in [0, 0.05) is 19.5 Å². The van der Waals surface area contributed by atoms with Gasteiger partial charge in [0.05, 0.1) is 0 Å². The number of carbonyl (C=O) groups is 1. The summed E-state index contributed by atoms with van der Waals surface area (Å²) in [7, 11) is 0. The Hall–Kier alpha value is -0.790. The van der Waals surface area contributed by atoms with E-state index in [0.29, 0.717) is 6.04 Å². The molecule has 1 aliphatic rings. The molecule has 62 valence electrons. The van der Waals surface area contributed by atoms with Gasteiger partial charge in [0.15, 0.2) is 0 Å². The Morgan fingerprint density at radius 2 is 2.27 bits per heavy atom. The molecule has 0 saturated carbocycles. The van der Waals surface area contributed by atoms with E-state index < -0.39 is 0 Å². The quantitative estimate of drug-likeness (QED) is 0.484. The highest BCUT2D eigenvalue weighted by molar-refractivity contribution is 5.73. The molecule has 0 N–H and O–H groups in total. The summed E-state index contributed by atoms with van der Waals surface area (Å²) in [5.41, 5.74) is 0. The van der Waals surface area contributed by atoms with Crippen LogP contribution in [0.2, 0.25) is 0 Å². The lowest BCUT2D eigenvalue weighted by molar-refractivity contribution is -0.130. The molecule has 1 heterocycles. The first-order chi connectivity index (χ1) is 5.22. The van der Waals surface area contributed by atoms with Crippen molar-refractivity contribution in [1.82, 2.24) is 4.90 Å². The van der Waals surface area contributed by atoms with Crippen LogP contribution in [0, 0.1) is 0 Å². The minimum Gasteiger partial charge on any atom is -0.340 e. The molecule has 0 unspecified atom stereocenters. The van der Waals surface area contributed by atoms with Crippen LogP contribution < -0.4 is 0 Å². The van der Waals surface area contributed by atoms with Crippen LogP contribution in [0.1, 0.15) is 26.7 Å². The van der Waals surface area contributed by atoms with Gasteiger partial charge in [0.1, 0.15) is 0 Å². The molecule has 0 aromatic carbocycles. The van der Waals surface area contributed by atoms with Crippen molar-refractivity contribution in [2.75, 3.05) is 6.54 Å². The van der Waals surface area contributed by atoms with Crippen LogP contribution in [0.4, 0.5) is 0 Å². The standard InChI is InChI=1S/C9H15NO/c1-8-6-4-3-5-7-10(8)9(2)11/h3-4,8H,5-7H2,1-2H3/t8-/m0/s1. The third-order valence-electron chi connectivity index (χ3n) is 2.12. The van der Waals surface area contributed by atoms with E-state index in [0.717, 1.165) is 19.4 Å². The van der Waals surface area contributed by atoms with Gasteiger partial charge < -0.3 is 4.90 Å². The van der Waals surface area contributed by atoms with Crippen molar-refractivity contribution in [3.8, 4) is 0 Å². The molecule has 0 fully saturated rings. The third kappa shape index (κ3) is 2.07. The van der Waals surface area contributed by atoms with Gasteiger partial charge in [-0.3, -0.25) is 4.79 Å². The highest BCUT2D eigenvalue weighted by atomic mass is 16.2. The van der Waals surface area contributed by atoms with E-state index in [9.17, 15) is 4.79 Å². The molecule has 1 atom stereocenters. The maximum Gasteiger partial charge on any atom is 0.219 e. The number of hydrogen-bond donors (Lipinski definition) is 0. The lowest BCUT2D eigenvalue weighted by atomic mass is 10.2. The summed E-state index contributed by atoms with van der Waals surface area (Å²) in [5.74, 6) is 0.196. The van der Waals surface area contributed by atoms with E-state index >= 15 is 0 Å². The molecule has 0 aromatic heterocycles. The van der Waals surface area contributed by atoms with Gasteiger partial charge in [-0.05, 0) is 19.8 Å². The topological polar surface area (TPSA) is 20.3 Å². The fourth-order valence-electron chi connectivity index (χ4n) is 1.44. The average Bonchev–Trinajstić information content (AvgIpc) is 2.13. The first kappa shape index (κ1) is 8.31. The molecule has 0 bridgehead atoms. The van der Waals surface area contributed by atoms with Crippen molar-refractivity contribution in [3.05, 3.63) is 12.2 Å². The molecule has 2 heteroatoms. The van der Waals surface area contributed by atoms with Crippen LogP contribution in [-0.4, -0.2) is 23.4 Å². The third-order valence-corrected chi connectivity index (χ3v) is 2.12. The number of carbonyl (C=O) groups excluding carboxylic acids is 1. The molecule has 0 aromatic rings. The zero-order chi connectivity index (χ0) is 8.27. The highest BCUT2D eigenvalue weighted by Gasteiger charge is 2.15. The first-order valence-electron chi connectivity index (χ1n) is 4.14. The Labute approximate surface area is 67.9 Å². The predicted molar refractivity (Wildman–Crippen MR) is 45.2 cm³/mol. The van der Waals surface area contributed by atoms with Gasteiger partial charge in [-0.15, -0.1) is 0 Å². The summed E-state index contributed by atoms with van der Waals surface area (Å²) < 4.78 is 0. The Balaban J connectivity index is 2.58. The van der Waals surface area contributed by atoms with Crippen molar-refractivity contribution < 1.29 is 4.79 Å². The molecule has 0 aliphatic carbocycles. The minimum atomic E-state index is 0.196. The Morgan fingerprint density at radius 1 is 1.55 bits per heavy atom. The summed E-state index contributed by atoms with van der Waals surface area (Å²) >= 11 is 0. The number of nitrogens with zero attached hydrogens (tertiary/aromatic N) is 1. The maximum absolute atomic E-state index is 11.1. The first-order valence-corrected chi connectivity index (χ1v) is 4.14. The van der Waals surface area contributed by atoms with Crippen molar-refractivity contribution >= 4 is 5.91 Å². The summed E-state index contributed by atoms with van der Waals surface area (Å²) in [6.07, 6.45) is 6.32. The lowest BCUT2D eigenvalue weighted by Gasteiger charge is -2.25. The van der Waals surface area contributed by atoms with E-state index in [4.69, 9.17) is 0 Å². The SMILES string of the molecule is CC(=O)N1CCC=CC[C@@H]1C. The zero-order valence-corrected chi connectivity index (χ0v) is 7.21. The molecule has 0 radical (unpaired) electrons. The van der Waals surface area contributed by atoms with E-state index in [1.165, 1.54) is 0 Å². The summed E-state index contributed by atoms with van der Waals surface area (Å²) in [5, 5.41) is 0. The van der Waals surface area contributed by atoms with Crippen molar-refractivity contribution in [3.63, 3.8) is 0 Å². The van der Waals surface area contributed by atoms with Crippen molar-refractivity contribution in [2.45, 2.75) is 32.7 Å². The van der Waals surface area contributed by atoms with Crippen LogP contribution in [0.5, 0.6) is 0 Å². The van der Waals surface area contributed by atoms with Gasteiger partial charge >= 0.3 is 0 Å². The highest BCUT2D eigenvalue weighted by Crippen LogP contribution is 2.10. The fourth-order valence-corrected chi connectivity index (χ4v) is 1.44. The Bertz CT molecular complexity index is 174. The second-order valence-electron chi connectivity index (χ2n) is 3.06. The van der Waals surface area contributed by atoms with Crippen LogP contribution in [-0.2, 0) is 4.79 Å². The number of amides is 1. The fraction of sp³-hybridized carbons (Fsp3) is 0.667. The minimum absolute atomic E-state index is 0.196. The lowest BCUT2D eigenvalue weighted by Crippen LogP contribution is -2.36. The van der Waals surface area contributed by atoms with Crippen LogP contribution in [0.3, 0.4) is 0 Å². The summed E-state index contributed by atoms with van der Waals surface area (Å²) in [6, 6.07) is 0.381. The normalized spacial score (nSPS) is 24.9. The smallest absolute Gasteiger partial charge is 0.219 e. The molecule has 1 aliphatic heterocycles. The molecular weight excluding hydrogens is 138 g/mol. The van der Waals surface area contributed by atoms with Gasteiger partial charge in [-0.1, -0.05) is 12.2 Å². The molecular formula is C9H15NO. The maximum atomic E-state index is 11.1. The van der Waals surface area contributed by atoms with E-state index in [2.05, 4.69) is 19.1 Å². The van der Waals surface area contributed by atoms with Crippen LogP contribution in [0.15, 0.2) is 12.2 Å². The van der Waals surface area contributed by atoms with E-state index in [-0.39, 0.29) is 5.91 Å². The van der Waals surface area contributed by atoms with Crippen molar-refractivity contribution in [1.29, 1.82) is 0 Å². The Kier molecular flexibility index (Phi) is 2.69. The Morgan fingerprint density at radius 3 is 2.91 bits per heavy atom. The monoisotopic (exact) mass is 153 g/mol. The molecule has 0 saturated heterocycles.